The Morgan fingerprint density at radius 2 is 1.81 bits per heavy atom. The molecule has 0 aromatic rings. The lowest BCUT2D eigenvalue weighted by Crippen LogP contribution is -2.13. The van der Waals surface area contributed by atoms with Crippen LogP contribution >= 0.6 is 0 Å². The van der Waals surface area contributed by atoms with E-state index >= 15 is 0 Å². The van der Waals surface area contributed by atoms with Crippen LogP contribution in [0.4, 0.5) is 0 Å². The highest BCUT2D eigenvalue weighted by Crippen LogP contribution is 2.60. The highest BCUT2D eigenvalue weighted by atomic mass is 16.5. The van der Waals surface area contributed by atoms with Crippen LogP contribution in [0.1, 0.15) is 54.4 Å². The van der Waals surface area contributed by atoms with E-state index in [9.17, 15) is 4.79 Å². The Hall–Kier alpha value is -1.31. The van der Waals surface area contributed by atoms with Crippen molar-refractivity contribution < 1.29 is 9.53 Å². The van der Waals surface area contributed by atoms with Crippen molar-refractivity contribution >= 4 is 5.97 Å². The average Bonchev–Trinajstić information content (AvgIpc) is 2.67. The quantitative estimate of drug-likeness (QED) is 0.536. The summed E-state index contributed by atoms with van der Waals surface area (Å²) in [7, 11) is 0. The number of hydrogen-bond acceptors (Lipinski definition) is 2. The third kappa shape index (κ3) is 3.48. The van der Waals surface area contributed by atoms with Crippen molar-refractivity contribution in [3.05, 3.63) is 35.1 Å². The third-order valence-corrected chi connectivity index (χ3v) is 4.62. The van der Waals surface area contributed by atoms with Crippen molar-refractivity contribution in [1.82, 2.24) is 0 Å². The Morgan fingerprint density at radius 1 is 1.19 bits per heavy atom. The molecule has 116 valence electrons. The van der Waals surface area contributed by atoms with E-state index in [-0.39, 0.29) is 23.2 Å². The summed E-state index contributed by atoms with van der Waals surface area (Å²) < 4.78 is 5.74. The summed E-state index contributed by atoms with van der Waals surface area (Å²) >= 11 is 0. The summed E-state index contributed by atoms with van der Waals surface area (Å²) in [6.07, 6.45) is 8.55. The minimum absolute atomic E-state index is 0.00116. The molecule has 1 saturated carbocycles. The van der Waals surface area contributed by atoms with Crippen LogP contribution in [-0.4, -0.2) is 5.97 Å². The highest BCUT2D eigenvalue weighted by molar-refractivity contribution is 5.79. The van der Waals surface area contributed by atoms with Crippen LogP contribution in [0.2, 0.25) is 0 Å². The smallest absolute Gasteiger partial charge is 0.315 e. The zero-order valence-corrected chi connectivity index (χ0v) is 14.2. The van der Waals surface area contributed by atoms with Gasteiger partial charge < -0.3 is 4.74 Å². The van der Waals surface area contributed by atoms with Gasteiger partial charge >= 0.3 is 5.97 Å². The standard InChI is InChI=1S/C19H28O2/c1-12(2)10-14-8-7-9-16(14)21-18(20)17-15(11-13(3)4)19(17,5)6/h9-11,14-15,17H,7-8H2,1-6H3. The first-order valence-corrected chi connectivity index (χ1v) is 7.95. The monoisotopic (exact) mass is 288 g/mol. The van der Waals surface area contributed by atoms with E-state index in [1.54, 1.807) is 0 Å². The van der Waals surface area contributed by atoms with Gasteiger partial charge in [-0.2, -0.15) is 0 Å². The van der Waals surface area contributed by atoms with Crippen LogP contribution < -0.4 is 0 Å². The van der Waals surface area contributed by atoms with Crippen LogP contribution in [0.5, 0.6) is 0 Å². The number of esters is 1. The van der Waals surface area contributed by atoms with Crippen LogP contribution in [0.3, 0.4) is 0 Å². The summed E-state index contributed by atoms with van der Waals surface area (Å²) in [5.74, 6) is 1.41. The summed E-state index contributed by atoms with van der Waals surface area (Å²) in [4.78, 5) is 12.5. The minimum atomic E-state index is -0.0530. The number of carbonyl (C=O) groups excluding carboxylic acids is 1. The maximum Gasteiger partial charge on any atom is 0.315 e. The minimum Gasteiger partial charge on any atom is -0.431 e. The molecular formula is C19H28O2. The van der Waals surface area contributed by atoms with Crippen molar-refractivity contribution in [1.29, 1.82) is 0 Å². The molecule has 0 spiro atoms. The first-order chi connectivity index (χ1) is 9.73. The number of allylic oxidation sites excluding steroid dienone is 5. The molecule has 0 saturated heterocycles. The molecule has 0 radical (unpaired) electrons. The predicted octanol–water partition coefficient (Wildman–Crippen LogP) is 5.03. The van der Waals surface area contributed by atoms with E-state index in [1.807, 2.05) is 0 Å². The second-order valence-electron chi connectivity index (χ2n) is 7.52. The Balaban J connectivity index is 2.03. The van der Waals surface area contributed by atoms with Crippen molar-refractivity contribution in [2.75, 3.05) is 0 Å². The Morgan fingerprint density at radius 3 is 2.38 bits per heavy atom. The molecule has 2 aliphatic carbocycles. The summed E-state index contributed by atoms with van der Waals surface area (Å²) in [6.45, 7) is 12.7. The molecule has 2 aliphatic rings. The van der Waals surface area contributed by atoms with Crippen molar-refractivity contribution in [2.45, 2.75) is 54.4 Å². The van der Waals surface area contributed by atoms with Crippen molar-refractivity contribution in [2.24, 2.45) is 23.2 Å². The number of carbonyl (C=O) groups is 1. The molecule has 0 heterocycles. The molecule has 0 aromatic heterocycles. The molecule has 3 atom stereocenters. The topological polar surface area (TPSA) is 26.3 Å². The molecule has 2 nitrogen and oxygen atoms in total. The molecule has 0 amide bonds. The lowest BCUT2D eigenvalue weighted by molar-refractivity contribution is -0.142. The largest absolute Gasteiger partial charge is 0.431 e. The van der Waals surface area contributed by atoms with Crippen LogP contribution in [0, 0.1) is 23.2 Å². The molecule has 2 heteroatoms. The van der Waals surface area contributed by atoms with Crippen LogP contribution in [-0.2, 0) is 9.53 Å². The fourth-order valence-corrected chi connectivity index (χ4v) is 3.36. The molecule has 0 aromatic carbocycles. The summed E-state index contributed by atoms with van der Waals surface area (Å²) in [6, 6.07) is 0. The predicted molar refractivity (Wildman–Crippen MR) is 86.5 cm³/mol. The molecule has 2 rings (SSSR count). The van der Waals surface area contributed by atoms with Gasteiger partial charge in [-0.15, -0.1) is 0 Å². The maximum absolute atomic E-state index is 12.5. The summed E-state index contributed by atoms with van der Waals surface area (Å²) in [5, 5.41) is 0. The van der Waals surface area contributed by atoms with Gasteiger partial charge in [0.2, 0.25) is 0 Å². The van der Waals surface area contributed by atoms with Crippen LogP contribution in [0.25, 0.3) is 0 Å². The van der Waals surface area contributed by atoms with E-state index in [4.69, 9.17) is 4.74 Å². The first kappa shape index (κ1) is 16.1. The van der Waals surface area contributed by atoms with Gasteiger partial charge in [-0.1, -0.05) is 37.1 Å². The van der Waals surface area contributed by atoms with Gasteiger partial charge in [0, 0.05) is 5.92 Å². The first-order valence-electron chi connectivity index (χ1n) is 7.95. The lowest BCUT2D eigenvalue weighted by atomic mass is 10.0. The van der Waals surface area contributed by atoms with E-state index in [2.05, 4.69) is 59.8 Å². The fraction of sp³-hybridized carbons (Fsp3) is 0.632. The Bertz CT molecular complexity index is 512. The fourth-order valence-electron chi connectivity index (χ4n) is 3.36. The van der Waals surface area contributed by atoms with E-state index in [1.165, 1.54) is 11.1 Å². The zero-order valence-electron chi connectivity index (χ0n) is 14.2. The molecule has 3 unspecified atom stereocenters. The Labute approximate surface area is 129 Å². The van der Waals surface area contributed by atoms with Crippen molar-refractivity contribution in [3.63, 3.8) is 0 Å². The zero-order chi connectivity index (χ0) is 15.8. The van der Waals surface area contributed by atoms with Gasteiger partial charge in [0.05, 0.1) is 5.92 Å². The lowest BCUT2D eigenvalue weighted by Gasteiger charge is -2.12. The second-order valence-corrected chi connectivity index (χ2v) is 7.52. The van der Waals surface area contributed by atoms with E-state index < -0.39 is 0 Å². The normalized spacial score (nSPS) is 29.4. The second kappa shape index (κ2) is 5.82. The summed E-state index contributed by atoms with van der Waals surface area (Å²) in [5.41, 5.74) is 2.57. The van der Waals surface area contributed by atoms with Gasteiger partial charge in [-0.05, 0) is 57.9 Å². The van der Waals surface area contributed by atoms with Gasteiger partial charge in [-0.25, -0.2) is 0 Å². The molecule has 0 aliphatic heterocycles. The van der Waals surface area contributed by atoms with E-state index in [0.717, 1.165) is 18.6 Å². The van der Waals surface area contributed by atoms with Gasteiger partial charge in [0.25, 0.3) is 0 Å². The molecule has 0 N–H and O–H groups in total. The maximum atomic E-state index is 12.5. The molecule has 0 bridgehead atoms. The van der Waals surface area contributed by atoms with Crippen molar-refractivity contribution in [3.8, 4) is 0 Å². The number of ether oxygens (including phenoxy) is 1. The molecule has 1 fully saturated rings. The van der Waals surface area contributed by atoms with E-state index in [0.29, 0.717) is 5.92 Å². The van der Waals surface area contributed by atoms with Gasteiger partial charge in [0.1, 0.15) is 5.76 Å². The number of rotatable bonds is 4. The highest BCUT2D eigenvalue weighted by Gasteiger charge is 2.61. The molecule has 21 heavy (non-hydrogen) atoms. The third-order valence-electron chi connectivity index (χ3n) is 4.62. The van der Waals surface area contributed by atoms with Gasteiger partial charge in [0.15, 0.2) is 0 Å². The number of hydrogen-bond donors (Lipinski definition) is 0. The Kier molecular flexibility index (Phi) is 4.46. The van der Waals surface area contributed by atoms with Crippen LogP contribution in [0.15, 0.2) is 35.1 Å². The van der Waals surface area contributed by atoms with Gasteiger partial charge in [-0.3, -0.25) is 4.79 Å². The molecular weight excluding hydrogens is 260 g/mol. The average molecular weight is 288 g/mol. The SMILES string of the molecule is CC(C)=CC1CCC=C1OC(=O)C1C(C=C(C)C)C1(C)C.